The fraction of sp³-hybridized carbons (Fsp3) is 0.455. The SMILES string of the molecule is COc1cnc(C(=O)Cc2ccc3c(c2)C2(COC(N)=N2)C2(COC2)C(C)(C)O3)cn1. The van der Waals surface area contributed by atoms with Crippen molar-refractivity contribution in [1.82, 2.24) is 9.97 Å². The molecule has 3 aliphatic heterocycles. The van der Waals surface area contributed by atoms with Crippen molar-refractivity contribution in [1.29, 1.82) is 0 Å². The van der Waals surface area contributed by atoms with Crippen LogP contribution in [-0.4, -0.2) is 54.3 Å². The van der Waals surface area contributed by atoms with Crippen molar-refractivity contribution >= 4 is 11.8 Å². The zero-order chi connectivity index (χ0) is 21.9. The number of ketones is 1. The smallest absolute Gasteiger partial charge is 0.283 e. The van der Waals surface area contributed by atoms with Gasteiger partial charge in [0.1, 0.15) is 29.2 Å². The van der Waals surface area contributed by atoms with Crippen LogP contribution in [0.2, 0.25) is 0 Å². The lowest BCUT2D eigenvalue weighted by molar-refractivity contribution is -0.247. The topological polar surface area (TPSA) is 118 Å². The monoisotopic (exact) mass is 424 g/mol. The number of Topliss-reactive ketones (excluding diaryl/α,β-unsaturated/α-hetero) is 1. The molecule has 9 nitrogen and oxygen atoms in total. The number of hydrogen-bond donors (Lipinski definition) is 1. The van der Waals surface area contributed by atoms with Crippen molar-refractivity contribution in [2.24, 2.45) is 16.1 Å². The lowest BCUT2D eigenvalue weighted by Crippen LogP contribution is -2.71. The highest BCUT2D eigenvalue weighted by Crippen LogP contribution is 2.62. The number of ether oxygens (including phenoxy) is 4. The highest BCUT2D eigenvalue weighted by Gasteiger charge is 2.71. The molecule has 1 fully saturated rings. The molecule has 31 heavy (non-hydrogen) atoms. The number of nitrogens with two attached hydrogens (primary N) is 1. The van der Waals surface area contributed by atoms with Gasteiger partial charge in [0, 0.05) is 12.0 Å². The van der Waals surface area contributed by atoms with Gasteiger partial charge in [-0.2, -0.15) is 0 Å². The molecule has 0 radical (unpaired) electrons. The van der Waals surface area contributed by atoms with Crippen LogP contribution in [0, 0.1) is 5.41 Å². The lowest BCUT2D eigenvalue weighted by Gasteiger charge is -2.61. The molecule has 9 heteroatoms. The van der Waals surface area contributed by atoms with E-state index >= 15 is 0 Å². The molecule has 0 saturated carbocycles. The van der Waals surface area contributed by atoms with Crippen molar-refractivity contribution in [2.45, 2.75) is 31.4 Å². The quantitative estimate of drug-likeness (QED) is 0.736. The molecule has 4 heterocycles. The van der Waals surface area contributed by atoms with Gasteiger partial charge in [0.15, 0.2) is 5.78 Å². The number of aliphatic imine (C=N–C) groups is 1. The maximum atomic E-state index is 12.8. The summed E-state index contributed by atoms with van der Waals surface area (Å²) in [6, 6.07) is 5.89. The van der Waals surface area contributed by atoms with E-state index in [-0.39, 0.29) is 23.9 Å². The maximum Gasteiger partial charge on any atom is 0.283 e. The first-order chi connectivity index (χ1) is 14.8. The first-order valence-corrected chi connectivity index (χ1v) is 10.1. The third kappa shape index (κ3) is 2.72. The average molecular weight is 424 g/mol. The predicted octanol–water partition coefficient (Wildman–Crippen LogP) is 1.64. The molecule has 1 atom stereocenters. The van der Waals surface area contributed by atoms with Crippen molar-refractivity contribution in [3.05, 3.63) is 47.4 Å². The van der Waals surface area contributed by atoms with Gasteiger partial charge in [-0.1, -0.05) is 6.07 Å². The van der Waals surface area contributed by atoms with E-state index < -0.39 is 16.6 Å². The summed E-state index contributed by atoms with van der Waals surface area (Å²) in [4.78, 5) is 25.8. The minimum Gasteiger partial charge on any atom is -0.487 e. The molecule has 0 aliphatic carbocycles. The number of benzene rings is 1. The average Bonchev–Trinajstić information content (AvgIpc) is 3.09. The molecule has 2 spiro atoms. The molecule has 2 N–H and O–H groups in total. The van der Waals surface area contributed by atoms with E-state index in [2.05, 4.69) is 9.97 Å². The molecule has 3 aliphatic rings. The Morgan fingerprint density at radius 2 is 2.00 bits per heavy atom. The summed E-state index contributed by atoms with van der Waals surface area (Å²) in [5.74, 6) is 0.926. The van der Waals surface area contributed by atoms with Crippen LogP contribution in [-0.2, 0) is 21.4 Å². The van der Waals surface area contributed by atoms with E-state index in [4.69, 9.17) is 29.7 Å². The Morgan fingerprint density at radius 3 is 2.58 bits per heavy atom. The third-order valence-electron chi connectivity index (χ3n) is 6.71. The Balaban J connectivity index is 1.53. The molecular formula is C22H24N4O5. The van der Waals surface area contributed by atoms with Crippen LogP contribution in [0.1, 0.15) is 35.5 Å². The van der Waals surface area contributed by atoms with Crippen LogP contribution in [0.25, 0.3) is 0 Å². The van der Waals surface area contributed by atoms with Gasteiger partial charge in [-0.15, -0.1) is 0 Å². The van der Waals surface area contributed by atoms with Gasteiger partial charge in [-0.3, -0.25) is 4.79 Å². The first-order valence-electron chi connectivity index (χ1n) is 10.1. The van der Waals surface area contributed by atoms with E-state index in [1.165, 1.54) is 19.5 Å². The summed E-state index contributed by atoms with van der Waals surface area (Å²) in [5.41, 5.74) is 6.25. The largest absolute Gasteiger partial charge is 0.487 e. The van der Waals surface area contributed by atoms with Gasteiger partial charge in [0.25, 0.3) is 6.02 Å². The van der Waals surface area contributed by atoms with Crippen LogP contribution < -0.4 is 15.2 Å². The third-order valence-corrected chi connectivity index (χ3v) is 6.71. The van der Waals surface area contributed by atoms with Gasteiger partial charge < -0.3 is 24.7 Å². The predicted molar refractivity (Wildman–Crippen MR) is 110 cm³/mol. The highest BCUT2D eigenvalue weighted by atomic mass is 16.5. The highest BCUT2D eigenvalue weighted by molar-refractivity contribution is 5.95. The molecule has 1 unspecified atom stereocenters. The number of rotatable bonds is 4. The number of carbonyl (C=O) groups is 1. The minimum atomic E-state index is -0.731. The number of nitrogens with zero attached hydrogens (tertiary/aromatic N) is 3. The van der Waals surface area contributed by atoms with E-state index in [0.717, 1.165) is 11.1 Å². The van der Waals surface area contributed by atoms with E-state index in [1.54, 1.807) is 0 Å². The normalized spacial score (nSPS) is 24.5. The summed E-state index contributed by atoms with van der Waals surface area (Å²) in [7, 11) is 1.50. The van der Waals surface area contributed by atoms with Gasteiger partial charge in [-0.25, -0.2) is 15.0 Å². The fourth-order valence-corrected chi connectivity index (χ4v) is 4.78. The lowest BCUT2D eigenvalue weighted by atomic mass is 9.55. The number of carbonyl (C=O) groups excluding carboxylic acids is 1. The van der Waals surface area contributed by atoms with Crippen LogP contribution >= 0.6 is 0 Å². The van der Waals surface area contributed by atoms with Crippen molar-refractivity contribution < 1.29 is 23.7 Å². The van der Waals surface area contributed by atoms with Crippen molar-refractivity contribution in [3.8, 4) is 11.6 Å². The van der Waals surface area contributed by atoms with Crippen molar-refractivity contribution in [3.63, 3.8) is 0 Å². The zero-order valence-corrected chi connectivity index (χ0v) is 17.7. The van der Waals surface area contributed by atoms with Gasteiger partial charge in [0.2, 0.25) is 5.88 Å². The number of amidine groups is 1. The molecule has 2 aromatic rings. The van der Waals surface area contributed by atoms with E-state index in [0.29, 0.717) is 31.5 Å². The second-order valence-corrected chi connectivity index (χ2v) is 8.66. The number of fused-ring (bicyclic) bond motifs is 3. The molecule has 1 aromatic carbocycles. The summed E-state index contributed by atoms with van der Waals surface area (Å²) in [5, 5.41) is 0. The Kier molecular flexibility index (Phi) is 4.23. The number of aromatic nitrogens is 2. The second kappa shape index (κ2) is 6.65. The molecule has 162 valence electrons. The van der Waals surface area contributed by atoms with Gasteiger partial charge >= 0.3 is 0 Å². The number of methoxy groups -OCH3 is 1. The Labute approximate surface area is 179 Å². The Morgan fingerprint density at radius 1 is 1.19 bits per heavy atom. The van der Waals surface area contributed by atoms with Gasteiger partial charge in [-0.05, 0) is 31.5 Å². The minimum absolute atomic E-state index is 0.145. The zero-order valence-electron chi connectivity index (χ0n) is 17.7. The van der Waals surface area contributed by atoms with Crippen LogP contribution in [0.4, 0.5) is 0 Å². The summed E-state index contributed by atoms with van der Waals surface area (Å²) >= 11 is 0. The molecule has 1 aromatic heterocycles. The van der Waals surface area contributed by atoms with E-state index in [1.807, 2.05) is 32.0 Å². The summed E-state index contributed by atoms with van der Waals surface area (Å²) in [6.07, 6.45) is 3.01. The Bertz CT molecular complexity index is 1080. The molecule has 0 amide bonds. The number of hydrogen-bond acceptors (Lipinski definition) is 9. The summed E-state index contributed by atoms with van der Waals surface area (Å²) < 4.78 is 22.7. The Hall–Kier alpha value is -3.20. The summed E-state index contributed by atoms with van der Waals surface area (Å²) in [6.45, 7) is 5.38. The van der Waals surface area contributed by atoms with Crippen LogP contribution in [0.15, 0.2) is 35.6 Å². The molecule has 1 saturated heterocycles. The van der Waals surface area contributed by atoms with Crippen LogP contribution in [0.5, 0.6) is 11.6 Å². The standard InChI is InChI=1S/C22H24N4O5/c1-20(2)21(10-29-11-21)22(12-30-19(23)26-22)14-6-13(4-5-17(14)31-20)7-16(27)15-8-25-18(28-3)9-24-15/h4-6,8-9H,7,10-12H2,1-3H3,(H2,23,26). The van der Waals surface area contributed by atoms with Gasteiger partial charge in [0.05, 0.1) is 38.1 Å². The fourth-order valence-electron chi connectivity index (χ4n) is 4.78. The molecular weight excluding hydrogens is 400 g/mol. The molecule has 5 rings (SSSR count). The van der Waals surface area contributed by atoms with Crippen LogP contribution in [0.3, 0.4) is 0 Å². The molecule has 0 bridgehead atoms. The van der Waals surface area contributed by atoms with Crippen molar-refractivity contribution in [2.75, 3.05) is 26.9 Å². The second-order valence-electron chi connectivity index (χ2n) is 8.66. The first kappa shape index (κ1) is 19.7. The van der Waals surface area contributed by atoms with E-state index in [9.17, 15) is 4.79 Å². The maximum absolute atomic E-state index is 12.8.